The zero-order valence-corrected chi connectivity index (χ0v) is 13.0. The number of hydrogen-bond donors (Lipinski definition) is 7. The average molecular weight is 341 g/mol. The van der Waals surface area contributed by atoms with Crippen molar-refractivity contribution in [3.8, 4) is 0 Å². The summed E-state index contributed by atoms with van der Waals surface area (Å²) >= 11 is 0. The molecule has 11 heteroatoms. The predicted octanol–water partition coefficient (Wildman–Crippen LogP) is -2.42. The van der Waals surface area contributed by atoms with Crippen molar-refractivity contribution in [1.82, 2.24) is 5.32 Å². The van der Waals surface area contributed by atoms with Crippen LogP contribution in [0.1, 0.15) is 19.3 Å². The average Bonchev–Trinajstić information content (AvgIpc) is 2.36. The molecule has 0 saturated heterocycles. The normalized spacial score (nSPS) is 14.5. The van der Waals surface area contributed by atoms with Crippen molar-refractivity contribution in [3.05, 3.63) is 0 Å². The maximum atomic E-state index is 10.9. The quantitative estimate of drug-likeness (QED) is 0.141. The molecule has 0 aliphatic rings. The predicted molar refractivity (Wildman–Crippen MR) is 75.0 cm³/mol. The third-order valence-corrected chi connectivity index (χ3v) is 3.68. The Kier molecular flexibility index (Phi) is 10.1. The van der Waals surface area contributed by atoms with Gasteiger partial charge < -0.3 is 39.8 Å². The van der Waals surface area contributed by atoms with Crippen molar-refractivity contribution < 1.29 is 44.0 Å². The van der Waals surface area contributed by atoms with Gasteiger partial charge in [0.05, 0.1) is 12.7 Å². The number of ether oxygens (including phenoxy) is 1. The molecule has 0 aliphatic carbocycles. The van der Waals surface area contributed by atoms with Crippen LogP contribution in [0.2, 0.25) is 6.04 Å². The third-order valence-electron chi connectivity index (χ3n) is 2.66. The van der Waals surface area contributed by atoms with Gasteiger partial charge in [0.2, 0.25) is 0 Å². The maximum Gasteiger partial charge on any atom is 0.492 e. The Bertz CT molecular complexity index is 347. The Morgan fingerprint density at radius 2 is 1.82 bits per heavy atom. The van der Waals surface area contributed by atoms with Gasteiger partial charge in [-0.3, -0.25) is 9.59 Å². The Hall–Kier alpha value is -1.08. The second-order valence-electron chi connectivity index (χ2n) is 4.84. The Morgan fingerprint density at radius 1 is 1.18 bits per heavy atom. The molecule has 0 heterocycles. The van der Waals surface area contributed by atoms with Gasteiger partial charge in [-0.2, -0.15) is 0 Å². The molecule has 0 saturated carbocycles. The van der Waals surface area contributed by atoms with Crippen molar-refractivity contribution in [2.24, 2.45) is 0 Å². The number of aliphatic hydroxyl groups excluding tert-OH is 1. The van der Waals surface area contributed by atoms with Gasteiger partial charge in [-0.25, -0.2) is 0 Å². The van der Waals surface area contributed by atoms with Crippen LogP contribution in [0, 0.1) is 0 Å². The molecule has 1 unspecified atom stereocenters. The number of carbonyl (C=O) groups is 2. The van der Waals surface area contributed by atoms with Gasteiger partial charge in [0, 0.05) is 25.6 Å². The van der Waals surface area contributed by atoms with Crippen LogP contribution in [-0.2, 0) is 14.3 Å². The molecule has 0 bridgehead atoms. The molecular formula is C11H23NO9Si. The number of rotatable bonds is 13. The van der Waals surface area contributed by atoms with E-state index < -0.39 is 32.9 Å². The molecular weight excluding hydrogens is 318 g/mol. The van der Waals surface area contributed by atoms with E-state index in [4.69, 9.17) is 29.3 Å². The topological polar surface area (TPSA) is 177 Å². The fourth-order valence-corrected chi connectivity index (χ4v) is 2.17. The summed E-state index contributed by atoms with van der Waals surface area (Å²) < 4.78 is 5.04. The minimum absolute atomic E-state index is 0.0880. The van der Waals surface area contributed by atoms with Crippen LogP contribution in [0.4, 0.5) is 0 Å². The molecule has 0 rings (SSSR count). The first kappa shape index (κ1) is 20.9. The van der Waals surface area contributed by atoms with Crippen molar-refractivity contribution in [3.63, 3.8) is 0 Å². The van der Waals surface area contributed by atoms with Gasteiger partial charge in [0.15, 0.2) is 0 Å². The summed E-state index contributed by atoms with van der Waals surface area (Å²) in [5, 5.41) is 29.5. The van der Waals surface area contributed by atoms with E-state index >= 15 is 0 Å². The van der Waals surface area contributed by atoms with E-state index in [-0.39, 0.29) is 45.1 Å². The van der Waals surface area contributed by atoms with Gasteiger partial charge in [-0.05, 0) is 12.8 Å². The number of hydrogen-bond acceptors (Lipinski definition) is 8. The molecule has 2 atom stereocenters. The van der Waals surface area contributed by atoms with E-state index in [2.05, 4.69) is 5.32 Å². The van der Waals surface area contributed by atoms with Crippen LogP contribution < -0.4 is 5.32 Å². The molecule has 0 aromatic carbocycles. The molecule has 0 amide bonds. The van der Waals surface area contributed by atoms with Crippen LogP contribution in [0.5, 0.6) is 0 Å². The van der Waals surface area contributed by atoms with E-state index in [1.54, 1.807) is 0 Å². The lowest BCUT2D eigenvalue weighted by atomic mass is 10.1. The monoisotopic (exact) mass is 341 g/mol. The van der Waals surface area contributed by atoms with Gasteiger partial charge >= 0.3 is 20.7 Å². The summed E-state index contributed by atoms with van der Waals surface area (Å²) in [6, 6.07) is -1.24. The number of nitrogens with one attached hydrogen (secondary N) is 1. The van der Waals surface area contributed by atoms with Gasteiger partial charge in [0.25, 0.3) is 0 Å². The van der Waals surface area contributed by atoms with Gasteiger partial charge in [-0.1, -0.05) is 0 Å². The summed E-state index contributed by atoms with van der Waals surface area (Å²) in [6.07, 6.45) is -1.18. The van der Waals surface area contributed by atoms with Crippen LogP contribution in [0.3, 0.4) is 0 Å². The van der Waals surface area contributed by atoms with E-state index in [9.17, 15) is 14.7 Å². The van der Waals surface area contributed by atoms with Gasteiger partial charge in [0.1, 0.15) is 6.04 Å². The second kappa shape index (κ2) is 10.6. The Balaban J connectivity index is 3.83. The first-order valence-corrected chi connectivity index (χ1v) is 8.77. The molecule has 130 valence electrons. The van der Waals surface area contributed by atoms with Crippen molar-refractivity contribution in [1.29, 1.82) is 0 Å². The van der Waals surface area contributed by atoms with Crippen molar-refractivity contribution >= 4 is 20.7 Å². The highest BCUT2D eigenvalue weighted by Crippen LogP contribution is 2.02. The van der Waals surface area contributed by atoms with Crippen molar-refractivity contribution in [2.75, 3.05) is 19.8 Å². The minimum atomic E-state index is -4.06. The summed E-state index contributed by atoms with van der Waals surface area (Å²) in [6.45, 7) is -0.0841. The molecule has 22 heavy (non-hydrogen) atoms. The fourth-order valence-electron chi connectivity index (χ4n) is 1.55. The zero-order chi connectivity index (χ0) is 17.2. The lowest BCUT2D eigenvalue weighted by Crippen LogP contribution is -2.42. The molecule has 0 aromatic heterocycles. The van der Waals surface area contributed by atoms with E-state index in [0.717, 1.165) is 0 Å². The highest BCUT2D eigenvalue weighted by molar-refractivity contribution is 6.56. The maximum absolute atomic E-state index is 10.9. The highest BCUT2D eigenvalue weighted by Gasteiger charge is 2.25. The lowest BCUT2D eigenvalue weighted by molar-refractivity contribution is -0.140. The van der Waals surface area contributed by atoms with E-state index in [1.807, 2.05) is 0 Å². The van der Waals surface area contributed by atoms with Crippen LogP contribution >= 0.6 is 0 Å². The minimum Gasteiger partial charge on any atom is -0.481 e. The van der Waals surface area contributed by atoms with Gasteiger partial charge in [-0.15, -0.1) is 0 Å². The standard InChI is InChI=1S/C11H23NO9Si/c13-8(7-21-4-1-5-22(18,19)20)6-12-9(11(16)17)2-3-10(14)15/h8-9,12-13,18-20H,1-7H2,(H,14,15)(H,16,17)/t8?,9-/m0/s1. The Morgan fingerprint density at radius 3 is 2.32 bits per heavy atom. The smallest absolute Gasteiger partial charge is 0.481 e. The second-order valence-corrected chi connectivity index (χ2v) is 6.89. The molecule has 7 N–H and O–H groups in total. The molecule has 0 fully saturated rings. The van der Waals surface area contributed by atoms with E-state index in [1.165, 1.54) is 0 Å². The molecule has 0 aliphatic heterocycles. The number of carboxylic acids is 2. The molecule has 0 aromatic rings. The molecule has 0 spiro atoms. The summed E-state index contributed by atoms with van der Waals surface area (Å²) in [5.41, 5.74) is 0. The van der Waals surface area contributed by atoms with E-state index in [0.29, 0.717) is 0 Å². The van der Waals surface area contributed by atoms with Crippen LogP contribution in [0.15, 0.2) is 0 Å². The van der Waals surface area contributed by atoms with Crippen LogP contribution in [0.25, 0.3) is 0 Å². The fraction of sp³-hybridized carbons (Fsp3) is 0.818. The summed E-state index contributed by atoms with van der Waals surface area (Å²) in [5.74, 6) is -2.31. The van der Waals surface area contributed by atoms with Crippen LogP contribution in [-0.4, -0.2) is 82.4 Å². The first-order valence-electron chi connectivity index (χ1n) is 6.72. The zero-order valence-electron chi connectivity index (χ0n) is 12.0. The Labute approximate surface area is 128 Å². The summed E-state index contributed by atoms with van der Waals surface area (Å²) in [7, 11) is -4.06. The highest BCUT2D eigenvalue weighted by atomic mass is 28.4. The van der Waals surface area contributed by atoms with Crippen molar-refractivity contribution in [2.45, 2.75) is 37.5 Å². The number of aliphatic hydroxyl groups is 1. The summed E-state index contributed by atoms with van der Waals surface area (Å²) in [4.78, 5) is 47.5. The first-order chi connectivity index (χ1) is 10.1. The molecule has 10 nitrogen and oxygen atoms in total. The third kappa shape index (κ3) is 12.6. The SMILES string of the molecule is O=C(O)CC[C@H](NCC(O)COCCC[Si](O)(O)O)C(=O)O. The molecule has 0 radical (unpaired) electrons. The number of aliphatic carboxylic acids is 2. The lowest BCUT2D eigenvalue weighted by Gasteiger charge is -2.17. The number of carboxylic acid groups (broad SMARTS) is 2. The largest absolute Gasteiger partial charge is 0.492 e.